The van der Waals surface area contributed by atoms with E-state index in [1.54, 1.807) is 7.11 Å². The summed E-state index contributed by atoms with van der Waals surface area (Å²) in [6, 6.07) is -0.0611. The molecule has 0 spiro atoms. The normalized spacial score (nSPS) is 13.1. The molecule has 0 bridgehead atoms. The van der Waals surface area contributed by atoms with Crippen LogP contribution in [0.15, 0.2) is 0 Å². The summed E-state index contributed by atoms with van der Waals surface area (Å²) in [6.07, 6.45) is 0. The van der Waals surface area contributed by atoms with E-state index >= 15 is 0 Å². The fourth-order valence-electron chi connectivity index (χ4n) is 1.81. The molecule has 0 aliphatic heterocycles. The van der Waals surface area contributed by atoms with Gasteiger partial charge in [-0.1, -0.05) is 13.8 Å². The molecule has 0 aliphatic rings. The lowest BCUT2D eigenvalue weighted by molar-refractivity contribution is -0.126. The number of carbonyl (C=O) groups is 1. The van der Waals surface area contributed by atoms with Gasteiger partial charge in [0.05, 0.1) is 12.6 Å². The zero-order chi connectivity index (χ0) is 13.3. The Kier molecular flexibility index (Phi) is 9.03. The van der Waals surface area contributed by atoms with Crippen molar-refractivity contribution in [2.24, 2.45) is 5.92 Å². The van der Waals surface area contributed by atoms with Gasteiger partial charge in [-0.15, -0.1) is 0 Å². The van der Waals surface area contributed by atoms with Crippen LogP contribution < -0.4 is 10.6 Å². The molecule has 1 unspecified atom stereocenters. The van der Waals surface area contributed by atoms with Crippen LogP contribution >= 0.6 is 0 Å². The van der Waals surface area contributed by atoms with E-state index in [0.717, 1.165) is 13.1 Å². The average molecular weight is 245 g/mol. The van der Waals surface area contributed by atoms with E-state index in [9.17, 15) is 4.79 Å². The van der Waals surface area contributed by atoms with E-state index in [4.69, 9.17) is 4.74 Å². The Morgan fingerprint density at radius 3 is 2.35 bits per heavy atom. The molecule has 0 aromatic rings. The molecule has 1 amide bonds. The van der Waals surface area contributed by atoms with Crippen molar-refractivity contribution in [1.29, 1.82) is 0 Å². The van der Waals surface area contributed by atoms with E-state index in [1.165, 1.54) is 0 Å². The van der Waals surface area contributed by atoms with Crippen molar-refractivity contribution in [2.75, 3.05) is 47.4 Å². The van der Waals surface area contributed by atoms with Crippen molar-refractivity contribution in [3.63, 3.8) is 0 Å². The first-order valence-electron chi connectivity index (χ1n) is 6.14. The van der Waals surface area contributed by atoms with Crippen molar-refractivity contribution in [3.8, 4) is 0 Å². The van der Waals surface area contributed by atoms with Gasteiger partial charge in [0.2, 0.25) is 5.91 Å². The fourth-order valence-corrected chi connectivity index (χ4v) is 1.81. The molecule has 17 heavy (non-hydrogen) atoms. The average Bonchev–Trinajstić information content (AvgIpc) is 2.22. The topological polar surface area (TPSA) is 53.6 Å². The summed E-state index contributed by atoms with van der Waals surface area (Å²) in [4.78, 5) is 13.9. The summed E-state index contributed by atoms with van der Waals surface area (Å²) < 4.78 is 4.91. The highest BCUT2D eigenvalue weighted by Crippen LogP contribution is 2.06. The maximum Gasteiger partial charge on any atom is 0.237 e. The Morgan fingerprint density at radius 2 is 1.88 bits per heavy atom. The standard InChI is InChI=1S/C12H27N3O2/c1-10(2)11(15(3)4)12(16)14-7-6-13-8-9-17-5/h10-11,13H,6-9H2,1-5H3,(H,14,16). The van der Waals surface area contributed by atoms with Gasteiger partial charge >= 0.3 is 0 Å². The number of methoxy groups -OCH3 is 1. The molecular weight excluding hydrogens is 218 g/mol. The van der Waals surface area contributed by atoms with Crippen molar-refractivity contribution in [2.45, 2.75) is 19.9 Å². The molecule has 0 aliphatic carbocycles. The van der Waals surface area contributed by atoms with Gasteiger partial charge in [-0.3, -0.25) is 9.69 Å². The third kappa shape index (κ3) is 7.31. The Labute approximate surface area is 105 Å². The number of rotatable bonds is 9. The Hall–Kier alpha value is -0.650. The Morgan fingerprint density at radius 1 is 1.24 bits per heavy atom. The second-order valence-corrected chi connectivity index (χ2v) is 4.69. The highest BCUT2D eigenvalue weighted by Gasteiger charge is 2.23. The van der Waals surface area contributed by atoms with Gasteiger partial charge in [0.15, 0.2) is 0 Å². The first-order chi connectivity index (χ1) is 8.00. The second kappa shape index (κ2) is 9.39. The number of hydrogen-bond acceptors (Lipinski definition) is 4. The van der Waals surface area contributed by atoms with E-state index in [0.29, 0.717) is 19.1 Å². The first-order valence-corrected chi connectivity index (χ1v) is 6.14. The smallest absolute Gasteiger partial charge is 0.237 e. The van der Waals surface area contributed by atoms with Crippen LogP contribution in [-0.2, 0) is 9.53 Å². The number of amides is 1. The monoisotopic (exact) mass is 245 g/mol. The minimum absolute atomic E-state index is 0.0611. The quantitative estimate of drug-likeness (QED) is 0.558. The lowest BCUT2D eigenvalue weighted by Crippen LogP contribution is -2.48. The second-order valence-electron chi connectivity index (χ2n) is 4.69. The number of likely N-dealkylation sites (N-methyl/N-ethyl adjacent to an activating group) is 1. The zero-order valence-corrected chi connectivity index (χ0v) is 11.7. The van der Waals surface area contributed by atoms with Crippen molar-refractivity contribution >= 4 is 5.91 Å². The number of nitrogens with zero attached hydrogens (tertiary/aromatic N) is 1. The van der Waals surface area contributed by atoms with Crippen LogP contribution in [0.1, 0.15) is 13.8 Å². The number of nitrogens with one attached hydrogen (secondary N) is 2. The molecule has 0 heterocycles. The van der Waals surface area contributed by atoms with Gasteiger partial charge in [0, 0.05) is 26.7 Å². The lowest BCUT2D eigenvalue weighted by atomic mass is 10.0. The van der Waals surface area contributed by atoms with Crippen LogP contribution in [0, 0.1) is 5.92 Å². The van der Waals surface area contributed by atoms with Crippen LogP contribution in [0.25, 0.3) is 0 Å². The third-order valence-electron chi connectivity index (χ3n) is 2.54. The van der Waals surface area contributed by atoms with E-state index in [1.807, 2.05) is 19.0 Å². The van der Waals surface area contributed by atoms with E-state index < -0.39 is 0 Å². The van der Waals surface area contributed by atoms with Crippen LogP contribution in [0.3, 0.4) is 0 Å². The van der Waals surface area contributed by atoms with Gasteiger partial charge < -0.3 is 15.4 Å². The van der Waals surface area contributed by atoms with Gasteiger partial charge in [-0.25, -0.2) is 0 Å². The van der Waals surface area contributed by atoms with Crippen LogP contribution in [0.2, 0.25) is 0 Å². The molecular formula is C12H27N3O2. The maximum absolute atomic E-state index is 11.9. The van der Waals surface area contributed by atoms with Gasteiger partial charge in [0.1, 0.15) is 0 Å². The van der Waals surface area contributed by atoms with Gasteiger partial charge in [-0.2, -0.15) is 0 Å². The molecule has 0 rings (SSSR count). The molecule has 0 aromatic heterocycles. The van der Waals surface area contributed by atoms with Crippen molar-refractivity contribution in [3.05, 3.63) is 0 Å². The van der Waals surface area contributed by atoms with Crippen LogP contribution in [0.4, 0.5) is 0 Å². The van der Waals surface area contributed by atoms with Crippen molar-refractivity contribution in [1.82, 2.24) is 15.5 Å². The predicted octanol–water partition coefficient (Wildman–Crippen LogP) is -0.0752. The molecule has 5 nitrogen and oxygen atoms in total. The highest BCUT2D eigenvalue weighted by atomic mass is 16.5. The molecule has 0 aromatic carbocycles. The lowest BCUT2D eigenvalue weighted by Gasteiger charge is -2.26. The molecule has 5 heteroatoms. The Balaban J connectivity index is 3.76. The van der Waals surface area contributed by atoms with E-state index in [2.05, 4.69) is 24.5 Å². The first kappa shape index (κ1) is 16.4. The molecule has 0 saturated heterocycles. The highest BCUT2D eigenvalue weighted by molar-refractivity contribution is 5.81. The van der Waals surface area contributed by atoms with E-state index in [-0.39, 0.29) is 11.9 Å². The maximum atomic E-state index is 11.9. The largest absolute Gasteiger partial charge is 0.383 e. The molecule has 0 saturated carbocycles. The molecule has 0 radical (unpaired) electrons. The molecule has 2 N–H and O–H groups in total. The number of ether oxygens (including phenoxy) is 1. The minimum atomic E-state index is -0.0611. The molecule has 0 fully saturated rings. The SMILES string of the molecule is COCCNCCNC(=O)C(C(C)C)N(C)C. The summed E-state index contributed by atoms with van der Waals surface area (Å²) in [5.74, 6) is 0.407. The summed E-state index contributed by atoms with van der Waals surface area (Å²) in [6.45, 7) is 7.04. The van der Waals surface area contributed by atoms with Gasteiger partial charge in [0.25, 0.3) is 0 Å². The molecule has 102 valence electrons. The molecule has 1 atom stereocenters. The van der Waals surface area contributed by atoms with Crippen LogP contribution in [-0.4, -0.2) is 64.3 Å². The zero-order valence-electron chi connectivity index (χ0n) is 11.7. The predicted molar refractivity (Wildman–Crippen MR) is 70.1 cm³/mol. The summed E-state index contributed by atoms with van der Waals surface area (Å²) in [5.41, 5.74) is 0. The fraction of sp³-hybridized carbons (Fsp3) is 0.917. The van der Waals surface area contributed by atoms with Crippen molar-refractivity contribution < 1.29 is 9.53 Å². The summed E-state index contributed by atoms with van der Waals surface area (Å²) >= 11 is 0. The number of hydrogen-bond donors (Lipinski definition) is 2. The number of carbonyl (C=O) groups excluding carboxylic acids is 1. The van der Waals surface area contributed by atoms with Crippen LogP contribution in [0.5, 0.6) is 0 Å². The minimum Gasteiger partial charge on any atom is -0.383 e. The summed E-state index contributed by atoms with van der Waals surface area (Å²) in [7, 11) is 5.54. The summed E-state index contributed by atoms with van der Waals surface area (Å²) in [5, 5.41) is 6.12. The Bertz CT molecular complexity index is 200. The van der Waals surface area contributed by atoms with Gasteiger partial charge in [-0.05, 0) is 20.0 Å². The third-order valence-corrected chi connectivity index (χ3v) is 2.54.